The van der Waals surface area contributed by atoms with E-state index in [1.165, 1.54) is 16.3 Å². The lowest BCUT2D eigenvalue weighted by Crippen LogP contribution is -2.37. The SMILES string of the molecule is CCc1ccc(C)cc1[Si](C)(C)Cl. The van der Waals surface area contributed by atoms with Crippen LogP contribution in [-0.4, -0.2) is 7.38 Å². The fourth-order valence-electron chi connectivity index (χ4n) is 1.55. The van der Waals surface area contributed by atoms with Gasteiger partial charge in [-0.3, -0.25) is 0 Å². The van der Waals surface area contributed by atoms with Crippen LogP contribution in [0.5, 0.6) is 0 Å². The molecule has 0 aromatic heterocycles. The number of aryl methyl sites for hydroxylation is 2. The Morgan fingerprint density at radius 1 is 1.31 bits per heavy atom. The van der Waals surface area contributed by atoms with Gasteiger partial charge in [-0.05, 0) is 24.1 Å². The molecule has 0 N–H and O–H groups in total. The molecule has 0 bridgehead atoms. The lowest BCUT2D eigenvalue weighted by atomic mass is 10.1. The molecule has 0 nitrogen and oxygen atoms in total. The Hall–Kier alpha value is -0.273. The maximum absolute atomic E-state index is 6.45. The summed E-state index contributed by atoms with van der Waals surface area (Å²) < 4.78 is 0. The molecule has 0 amide bonds. The third-order valence-corrected chi connectivity index (χ3v) is 4.64. The lowest BCUT2D eigenvalue weighted by molar-refractivity contribution is 1.15. The van der Waals surface area contributed by atoms with Crippen LogP contribution in [0.2, 0.25) is 13.1 Å². The molecule has 0 aliphatic carbocycles. The highest BCUT2D eigenvalue weighted by Crippen LogP contribution is 2.13. The summed E-state index contributed by atoms with van der Waals surface area (Å²) >= 11 is 6.45. The van der Waals surface area contributed by atoms with E-state index in [1.807, 2.05) is 0 Å². The van der Waals surface area contributed by atoms with Crippen LogP contribution in [0.15, 0.2) is 18.2 Å². The average molecular weight is 213 g/mol. The first-order valence-corrected chi connectivity index (χ1v) is 8.75. The Balaban J connectivity index is 3.24. The average Bonchev–Trinajstić information content (AvgIpc) is 2.03. The van der Waals surface area contributed by atoms with Gasteiger partial charge in [0.15, 0.2) is 7.38 Å². The minimum atomic E-state index is -1.66. The molecular weight excluding hydrogens is 196 g/mol. The van der Waals surface area contributed by atoms with Gasteiger partial charge >= 0.3 is 0 Å². The van der Waals surface area contributed by atoms with Gasteiger partial charge in [-0.25, -0.2) is 0 Å². The molecule has 0 aliphatic heterocycles. The Kier molecular flexibility index (Phi) is 3.20. The quantitative estimate of drug-likeness (QED) is 0.522. The zero-order valence-corrected chi connectivity index (χ0v) is 10.6. The molecule has 0 aliphatic rings. The number of halogens is 1. The number of hydrogen-bond acceptors (Lipinski definition) is 0. The van der Waals surface area contributed by atoms with Crippen LogP contribution in [0.4, 0.5) is 0 Å². The minimum absolute atomic E-state index is 1.08. The molecule has 1 aromatic rings. The van der Waals surface area contributed by atoms with Gasteiger partial charge in [0, 0.05) is 0 Å². The van der Waals surface area contributed by atoms with Gasteiger partial charge in [0.05, 0.1) is 0 Å². The smallest absolute Gasteiger partial charge is 0.162 e. The molecule has 0 saturated heterocycles. The van der Waals surface area contributed by atoms with Crippen molar-refractivity contribution in [3.05, 3.63) is 29.3 Å². The second kappa shape index (κ2) is 3.85. The summed E-state index contributed by atoms with van der Waals surface area (Å²) in [6, 6.07) is 6.62. The molecule has 1 rings (SSSR count). The lowest BCUT2D eigenvalue weighted by Gasteiger charge is -2.18. The second-order valence-electron chi connectivity index (χ2n) is 3.99. The Bertz CT molecular complexity index is 299. The van der Waals surface area contributed by atoms with Crippen molar-refractivity contribution in [3.8, 4) is 0 Å². The fraction of sp³-hybridized carbons (Fsp3) is 0.455. The van der Waals surface area contributed by atoms with Gasteiger partial charge in [-0.2, -0.15) is 11.1 Å². The summed E-state index contributed by atoms with van der Waals surface area (Å²) in [7, 11) is -1.66. The molecule has 13 heavy (non-hydrogen) atoms. The molecule has 0 saturated carbocycles. The van der Waals surface area contributed by atoms with Crippen molar-refractivity contribution < 1.29 is 0 Å². The molecule has 0 radical (unpaired) electrons. The number of hydrogen-bond donors (Lipinski definition) is 0. The van der Waals surface area contributed by atoms with Crippen molar-refractivity contribution in [1.82, 2.24) is 0 Å². The molecule has 0 heterocycles. The van der Waals surface area contributed by atoms with E-state index >= 15 is 0 Å². The zero-order valence-electron chi connectivity index (χ0n) is 8.82. The summed E-state index contributed by atoms with van der Waals surface area (Å²) in [4.78, 5) is 0. The number of benzene rings is 1. The van der Waals surface area contributed by atoms with Crippen LogP contribution in [0, 0.1) is 6.92 Å². The first-order chi connectivity index (χ1) is 5.95. The van der Waals surface area contributed by atoms with E-state index < -0.39 is 7.38 Å². The molecule has 1 aromatic carbocycles. The molecule has 0 fully saturated rings. The standard InChI is InChI=1S/C11H17ClSi/c1-5-10-7-6-9(2)8-11(10)13(3,4)12/h6-8H,5H2,1-4H3. The van der Waals surface area contributed by atoms with Crippen LogP contribution >= 0.6 is 11.1 Å². The monoisotopic (exact) mass is 212 g/mol. The maximum atomic E-state index is 6.45. The van der Waals surface area contributed by atoms with Gasteiger partial charge in [0.25, 0.3) is 0 Å². The van der Waals surface area contributed by atoms with Crippen LogP contribution in [0.3, 0.4) is 0 Å². The van der Waals surface area contributed by atoms with Gasteiger partial charge in [-0.1, -0.05) is 43.8 Å². The van der Waals surface area contributed by atoms with Crippen LogP contribution in [0.1, 0.15) is 18.1 Å². The third kappa shape index (κ3) is 2.58. The van der Waals surface area contributed by atoms with Crippen molar-refractivity contribution in [2.75, 3.05) is 0 Å². The van der Waals surface area contributed by atoms with E-state index in [4.69, 9.17) is 11.1 Å². The van der Waals surface area contributed by atoms with Gasteiger partial charge < -0.3 is 0 Å². The predicted molar refractivity (Wildman–Crippen MR) is 63.5 cm³/mol. The van der Waals surface area contributed by atoms with Crippen LogP contribution < -0.4 is 5.19 Å². The molecular formula is C11H17ClSi. The van der Waals surface area contributed by atoms with Crippen molar-refractivity contribution in [1.29, 1.82) is 0 Å². The van der Waals surface area contributed by atoms with E-state index in [1.54, 1.807) is 0 Å². The maximum Gasteiger partial charge on any atom is 0.181 e. The Labute approximate surface area is 86.6 Å². The van der Waals surface area contributed by atoms with E-state index in [-0.39, 0.29) is 0 Å². The van der Waals surface area contributed by atoms with Crippen molar-refractivity contribution >= 4 is 23.6 Å². The van der Waals surface area contributed by atoms with E-state index in [9.17, 15) is 0 Å². The molecule has 0 spiro atoms. The minimum Gasteiger partial charge on any atom is -0.162 e. The first-order valence-electron chi connectivity index (χ1n) is 4.74. The van der Waals surface area contributed by atoms with Crippen molar-refractivity contribution in [2.24, 2.45) is 0 Å². The second-order valence-corrected chi connectivity index (χ2v) is 10.3. The molecule has 2 heteroatoms. The topological polar surface area (TPSA) is 0 Å². The number of rotatable bonds is 2. The Morgan fingerprint density at radius 3 is 2.38 bits per heavy atom. The summed E-state index contributed by atoms with van der Waals surface area (Å²) in [6.45, 7) is 8.68. The molecule has 0 unspecified atom stereocenters. The van der Waals surface area contributed by atoms with Crippen molar-refractivity contribution in [3.63, 3.8) is 0 Å². The van der Waals surface area contributed by atoms with E-state index in [2.05, 4.69) is 45.1 Å². The summed E-state index contributed by atoms with van der Waals surface area (Å²) in [5.74, 6) is 0. The van der Waals surface area contributed by atoms with E-state index in [0.717, 1.165) is 6.42 Å². The largest absolute Gasteiger partial charge is 0.181 e. The zero-order chi connectivity index (χ0) is 10.1. The van der Waals surface area contributed by atoms with Crippen molar-refractivity contribution in [2.45, 2.75) is 33.4 Å². The highest BCUT2D eigenvalue weighted by atomic mass is 35.6. The first kappa shape index (κ1) is 10.8. The van der Waals surface area contributed by atoms with Crippen LogP contribution in [-0.2, 0) is 6.42 Å². The normalized spacial score (nSPS) is 11.8. The van der Waals surface area contributed by atoms with Gasteiger partial charge in [-0.15, -0.1) is 0 Å². The summed E-state index contributed by atoms with van der Waals surface area (Å²) in [5.41, 5.74) is 2.73. The highest BCUT2D eigenvalue weighted by molar-refractivity contribution is 7.26. The highest BCUT2D eigenvalue weighted by Gasteiger charge is 2.22. The summed E-state index contributed by atoms with van der Waals surface area (Å²) in [6.07, 6.45) is 1.08. The summed E-state index contributed by atoms with van der Waals surface area (Å²) in [5, 5.41) is 1.40. The third-order valence-electron chi connectivity index (χ3n) is 2.29. The predicted octanol–water partition coefficient (Wildman–Crippen LogP) is 3.21. The van der Waals surface area contributed by atoms with Gasteiger partial charge in [0.2, 0.25) is 0 Å². The van der Waals surface area contributed by atoms with Gasteiger partial charge in [0.1, 0.15) is 0 Å². The fourth-order valence-corrected chi connectivity index (χ4v) is 3.67. The molecule has 0 atom stereocenters. The van der Waals surface area contributed by atoms with E-state index in [0.29, 0.717) is 0 Å². The van der Waals surface area contributed by atoms with Crippen LogP contribution in [0.25, 0.3) is 0 Å². The Morgan fingerprint density at radius 2 is 1.92 bits per heavy atom. The molecule has 72 valence electrons.